The molecule has 0 aliphatic rings. The number of rotatable bonds is 4. The zero-order valence-electron chi connectivity index (χ0n) is 7.87. The van der Waals surface area contributed by atoms with Crippen molar-refractivity contribution in [1.82, 2.24) is 15.1 Å². The van der Waals surface area contributed by atoms with E-state index in [9.17, 15) is 4.79 Å². The first-order valence-electron chi connectivity index (χ1n) is 4.16. The Balaban J connectivity index is 2.58. The highest BCUT2D eigenvalue weighted by molar-refractivity contribution is 5.38. The van der Waals surface area contributed by atoms with E-state index in [1.54, 1.807) is 13.2 Å². The zero-order valence-corrected chi connectivity index (χ0v) is 7.87. The molecule has 0 amide bonds. The first-order chi connectivity index (χ1) is 6.24. The summed E-state index contributed by atoms with van der Waals surface area (Å²) < 4.78 is 1.29. The van der Waals surface area contributed by atoms with Crippen LogP contribution in [-0.2, 0) is 7.05 Å². The molecule has 1 rings (SSSR count). The van der Waals surface area contributed by atoms with Gasteiger partial charge in [-0.3, -0.25) is 4.79 Å². The van der Waals surface area contributed by atoms with Gasteiger partial charge >= 0.3 is 0 Å². The highest BCUT2D eigenvalue weighted by atomic mass is 16.1. The predicted octanol–water partition coefficient (Wildman–Crippen LogP) is -0.588. The molecule has 1 aromatic heterocycles. The van der Waals surface area contributed by atoms with Crippen LogP contribution in [-0.4, -0.2) is 29.9 Å². The molecule has 1 heterocycles. The third kappa shape index (κ3) is 2.87. The van der Waals surface area contributed by atoms with Crippen molar-refractivity contribution in [2.45, 2.75) is 0 Å². The lowest BCUT2D eigenvalue weighted by Crippen LogP contribution is -2.21. The highest BCUT2D eigenvalue weighted by Crippen LogP contribution is 1.96. The van der Waals surface area contributed by atoms with Gasteiger partial charge in [0.15, 0.2) is 0 Å². The van der Waals surface area contributed by atoms with Gasteiger partial charge in [-0.25, -0.2) is 4.68 Å². The minimum absolute atomic E-state index is 0.102. The van der Waals surface area contributed by atoms with Gasteiger partial charge in [0.25, 0.3) is 5.56 Å². The summed E-state index contributed by atoms with van der Waals surface area (Å²) in [6.45, 7) is 1.64. The predicted molar refractivity (Wildman–Crippen MR) is 51.9 cm³/mol. The lowest BCUT2D eigenvalue weighted by molar-refractivity contribution is 0.707. The molecule has 0 atom stereocenters. The van der Waals surface area contributed by atoms with Gasteiger partial charge in [-0.1, -0.05) is 0 Å². The average Bonchev–Trinajstić information content (AvgIpc) is 2.12. The molecule has 5 nitrogen and oxygen atoms in total. The summed E-state index contributed by atoms with van der Waals surface area (Å²) in [6.07, 6.45) is 1.64. The van der Waals surface area contributed by atoms with Gasteiger partial charge in [0.1, 0.15) is 0 Å². The van der Waals surface area contributed by atoms with Crippen molar-refractivity contribution in [3.05, 3.63) is 22.6 Å². The van der Waals surface area contributed by atoms with Crippen molar-refractivity contribution in [2.24, 2.45) is 7.05 Å². The lowest BCUT2D eigenvalue weighted by atomic mass is 10.4. The number of nitrogens with zero attached hydrogens (tertiary/aromatic N) is 2. The lowest BCUT2D eigenvalue weighted by Gasteiger charge is -2.04. The van der Waals surface area contributed by atoms with Crippen LogP contribution in [0, 0.1) is 0 Å². The number of likely N-dealkylation sites (N-methyl/N-ethyl adjacent to an activating group) is 1. The van der Waals surface area contributed by atoms with E-state index < -0.39 is 0 Å². The minimum atomic E-state index is -0.102. The maximum absolute atomic E-state index is 11.1. The molecule has 0 unspecified atom stereocenters. The van der Waals surface area contributed by atoms with Crippen LogP contribution in [0.25, 0.3) is 0 Å². The van der Waals surface area contributed by atoms with Crippen molar-refractivity contribution >= 4 is 5.69 Å². The Morgan fingerprint density at radius 2 is 2.31 bits per heavy atom. The third-order valence-electron chi connectivity index (χ3n) is 1.67. The first kappa shape index (κ1) is 9.73. The number of nitrogens with one attached hydrogen (secondary N) is 2. The molecular formula is C8H14N4O. The topological polar surface area (TPSA) is 59.0 Å². The van der Waals surface area contributed by atoms with Gasteiger partial charge in [-0.15, -0.1) is 0 Å². The Kier molecular flexibility index (Phi) is 3.45. The molecule has 0 spiro atoms. The second-order valence-electron chi connectivity index (χ2n) is 2.74. The Morgan fingerprint density at radius 1 is 1.54 bits per heavy atom. The van der Waals surface area contributed by atoms with Crippen LogP contribution < -0.4 is 16.2 Å². The van der Waals surface area contributed by atoms with Crippen LogP contribution in [0.15, 0.2) is 17.1 Å². The van der Waals surface area contributed by atoms with Crippen LogP contribution in [0.2, 0.25) is 0 Å². The summed E-state index contributed by atoms with van der Waals surface area (Å²) >= 11 is 0. The summed E-state index contributed by atoms with van der Waals surface area (Å²) in [7, 11) is 3.50. The summed E-state index contributed by atoms with van der Waals surface area (Å²) in [6, 6.07) is 1.53. The maximum atomic E-state index is 11.1. The number of aromatic nitrogens is 2. The fourth-order valence-electron chi connectivity index (χ4n) is 0.898. The van der Waals surface area contributed by atoms with Crippen molar-refractivity contribution in [2.75, 3.05) is 25.5 Å². The number of hydrogen-bond donors (Lipinski definition) is 2. The molecular weight excluding hydrogens is 168 g/mol. The van der Waals surface area contributed by atoms with Crippen LogP contribution in [0.1, 0.15) is 0 Å². The standard InChI is InChI=1S/C8H14N4O/c1-9-3-4-10-7-5-8(13)12(2)11-6-7/h5-6,9-10H,3-4H2,1-2H3. The van der Waals surface area contributed by atoms with Crippen molar-refractivity contribution < 1.29 is 0 Å². The largest absolute Gasteiger partial charge is 0.382 e. The molecule has 0 radical (unpaired) electrons. The van der Waals surface area contributed by atoms with Gasteiger partial charge < -0.3 is 10.6 Å². The quantitative estimate of drug-likeness (QED) is 0.611. The van der Waals surface area contributed by atoms with Gasteiger partial charge in [0, 0.05) is 26.2 Å². The molecule has 13 heavy (non-hydrogen) atoms. The van der Waals surface area contributed by atoms with Crippen molar-refractivity contribution in [3.8, 4) is 0 Å². The molecule has 0 aliphatic carbocycles. The Morgan fingerprint density at radius 3 is 2.92 bits per heavy atom. The second-order valence-corrected chi connectivity index (χ2v) is 2.74. The molecule has 72 valence electrons. The molecule has 1 aromatic rings. The Bertz CT molecular complexity index is 320. The molecule has 0 aliphatic heterocycles. The third-order valence-corrected chi connectivity index (χ3v) is 1.67. The number of aryl methyl sites for hydroxylation is 1. The second kappa shape index (κ2) is 4.61. The maximum Gasteiger partial charge on any atom is 0.268 e. The highest BCUT2D eigenvalue weighted by Gasteiger charge is 1.94. The number of hydrogen-bond acceptors (Lipinski definition) is 4. The zero-order chi connectivity index (χ0) is 9.68. The monoisotopic (exact) mass is 182 g/mol. The van der Waals surface area contributed by atoms with Crippen LogP contribution >= 0.6 is 0 Å². The molecule has 0 aromatic carbocycles. The van der Waals surface area contributed by atoms with E-state index in [0.717, 1.165) is 18.8 Å². The molecule has 0 saturated carbocycles. The smallest absolute Gasteiger partial charge is 0.268 e. The van der Waals surface area contributed by atoms with Crippen LogP contribution in [0.5, 0.6) is 0 Å². The number of anilines is 1. The summed E-state index contributed by atoms with van der Waals surface area (Å²) in [5.41, 5.74) is 0.660. The van der Waals surface area contributed by atoms with E-state index >= 15 is 0 Å². The van der Waals surface area contributed by atoms with E-state index in [0.29, 0.717) is 0 Å². The van der Waals surface area contributed by atoms with E-state index in [2.05, 4.69) is 15.7 Å². The van der Waals surface area contributed by atoms with E-state index in [1.165, 1.54) is 10.7 Å². The van der Waals surface area contributed by atoms with Gasteiger partial charge in [-0.05, 0) is 7.05 Å². The van der Waals surface area contributed by atoms with E-state index in [-0.39, 0.29) is 5.56 Å². The SMILES string of the molecule is CNCCNc1cnn(C)c(=O)c1. The first-order valence-corrected chi connectivity index (χ1v) is 4.16. The molecule has 0 saturated heterocycles. The van der Waals surface area contributed by atoms with Crippen LogP contribution in [0.3, 0.4) is 0 Å². The average molecular weight is 182 g/mol. The van der Waals surface area contributed by atoms with Gasteiger partial charge in [0.05, 0.1) is 11.9 Å². The normalized spacial score (nSPS) is 10.0. The summed E-state index contributed by atoms with van der Waals surface area (Å²) in [4.78, 5) is 11.1. The fraction of sp³-hybridized carbons (Fsp3) is 0.500. The van der Waals surface area contributed by atoms with Crippen molar-refractivity contribution in [1.29, 1.82) is 0 Å². The molecule has 2 N–H and O–H groups in total. The van der Waals surface area contributed by atoms with E-state index in [1.807, 2.05) is 7.05 Å². The summed E-state index contributed by atoms with van der Waals surface area (Å²) in [5.74, 6) is 0. The summed E-state index contributed by atoms with van der Waals surface area (Å²) in [5, 5.41) is 9.95. The Labute approximate surface area is 76.8 Å². The Hall–Kier alpha value is -1.36. The minimum Gasteiger partial charge on any atom is -0.382 e. The molecule has 0 fully saturated rings. The molecule has 5 heteroatoms. The van der Waals surface area contributed by atoms with Gasteiger partial charge in [-0.2, -0.15) is 5.10 Å². The fourth-order valence-corrected chi connectivity index (χ4v) is 0.898. The van der Waals surface area contributed by atoms with Crippen LogP contribution in [0.4, 0.5) is 5.69 Å². The molecule has 0 bridgehead atoms. The van der Waals surface area contributed by atoms with E-state index in [4.69, 9.17) is 0 Å². The van der Waals surface area contributed by atoms with Crippen molar-refractivity contribution in [3.63, 3.8) is 0 Å². The van der Waals surface area contributed by atoms with Gasteiger partial charge in [0.2, 0.25) is 0 Å².